The van der Waals surface area contributed by atoms with E-state index in [1.54, 1.807) is 48.2 Å². The van der Waals surface area contributed by atoms with Gasteiger partial charge in [-0.25, -0.2) is 9.07 Å². The zero-order valence-electron chi connectivity index (χ0n) is 15.2. The highest BCUT2D eigenvalue weighted by atomic mass is 32.2. The molecule has 0 aliphatic carbocycles. The molecule has 3 aromatic rings. The van der Waals surface area contributed by atoms with Gasteiger partial charge in [0.15, 0.2) is 0 Å². The molecule has 1 aromatic heterocycles. The molecule has 0 saturated heterocycles. The van der Waals surface area contributed by atoms with E-state index in [1.807, 2.05) is 6.92 Å². The Morgan fingerprint density at radius 1 is 1.18 bits per heavy atom. The zero-order valence-corrected chi connectivity index (χ0v) is 16.0. The molecule has 28 heavy (non-hydrogen) atoms. The molecule has 1 aliphatic rings. The number of anilines is 1. The van der Waals surface area contributed by atoms with Crippen LogP contribution in [0.2, 0.25) is 0 Å². The third-order valence-corrected chi connectivity index (χ3v) is 5.66. The number of aryl methyl sites for hydroxylation is 1. The maximum atomic E-state index is 13.4. The van der Waals surface area contributed by atoms with Crippen LogP contribution in [0.4, 0.5) is 10.1 Å². The molecule has 0 fully saturated rings. The lowest BCUT2D eigenvalue weighted by atomic mass is 10.0. The molecule has 0 bridgehead atoms. The van der Waals surface area contributed by atoms with Crippen molar-refractivity contribution in [3.8, 4) is 5.75 Å². The number of benzene rings is 2. The monoisotopic (exact) mass is 399 g/mol. The number of carbonyl (C=O) groups excluding carboxylic acids is 1. The van der Waals surface area contributed by atoms with E-state index in [2.05, 4.69) is 20.9 Å². The first-order valence-electron chi connectivity index (χ1n) is 8.61. The molecule has 1 amide bonds. The number of rotatable bonds is 4. The van der Waals surface area contributed by atoms with Crippen molar-refractivity contribution in [2.75, 3.05) is 17.9 Å². The fraction of sp³-hybridized carbons (Fsp3) is 0.211. The van der Waals surface area contributed by atoms with Gasteiger partial charge < -0.3 is 15.5 Å². The highest BCUT2D eigenvalue weighted by molar-refractivity contribution is 8.00. The highest BCUT2D eigenvalue weighted by Gasteiger charge is 2.37. The molecule has 0 saturated carbocycles. The zero-order chi connectivity index (χ0) is 19.7. The molecule has 0 spiro atoms. The standard InChI is InChI=1S/C19H18FN5O2S/c1-11-22-23-19-25(11)24-16(12-3-5-13(20)6-4-12)17(28-19)18(26)21-14-7-9-15(27-2)10-8-14/h3-10,16-17,24H,1-2H3,(H,21,26)/t16-,17-/m1/s1. The summed E-state index contributed by atoms with van der Waals surface area (Å²) in [6.07, 6.45) is 0. The number of methoxy groups -OCH3 is 1. The van der Waals surface area contributed by atoms with Crippen molar-refractivity contribution in [3.05, 3.63) is 65.7 Å². The average molecular weight is 399 g/mol. The molecule has 4 rings (SSSR count). The summed E-state index contributed by atoms with van der Waals surface area (Å²) >= 11 is 1.32. The first-order valence-corrected chi connectivity index (χ1v) is 9.49. The van der Waals surface area contributed by atoms with Gasteiger partial charge in [-0.05, 0) is 48.9 Å². The summed E-state index contributed by atoms with van der Waals surface area (Å²) in [7, 11) is 1.59. The summed E-state index contributed by atoms with van der Waals surface area (Å²) in [4.78, 5) is 13.1. The molecule has 2 aromatic carbocycles. The van der Waals surface area contributed by atoms with Gasteiger partial charge in [-0.1, -0.05) is 23.9 Å². The van der Waals surface area contributed by atoms with Gasteiger partial charge in [0.1, 0.15) is 22.6 Å². The SMILES string of the molecule is COc1ccc(NC(=O)[C@@H]2Sc3nnc(C)n3N[C@@H]2c2ccc(F)cc2)cc1. The van der Waals surface area contributed by atoms with Gasteiger partial charge in [-0.3, -0.25) is 4.79 Å². The lowest BCUT2D eigenvalue weighted by Crippen LogP contribution is -2.41. The van der Waals surface area contributed by atoms with Crippen LogP contribution in [0.15, 0.2) is 53.7 Å². The van der Waals surface area contributed by atoms with E-state index in [4.69, 9.17) is 4.74 Å². The third-order valence-electron chi connectivity index (χ3n) is 4.44. The minimum atomic E-state index is -0.524. The summed E-state index contributed by atoms with van der Waals surface area (Å²) in [6.45, 7) is 1.82. The molecule has 7 nitrogen and oxygen atoms in total. The third kappa shape index (κ3) is 3.53. The van der Waals surface area contributed by atoms with E-state index < -0.39 is 5.25 Å². The second kappa shape index (κ2) is 7.51. The Morgan fingerprint density at radius 2 is 1.89 bits per heavy atom. The maximum absolute atomic E-state index is 13.4. The fourth-order valence-electron chi connectivity index (χ4n) is 2.97. The summed E-state index contributed by atoms with van der Waals surface area (Å²) in [5, 5.41) is 11.2. The molecule has 2 N–H and O–H groups in total. The summed E-state index contributed by atoms with van der Waals surface area (Å²) < 4.78 is 20.3. The molecule has 0 radical (unpaired) electrons. The Balaban J connectivity index is 1.62. The van der Waals surface area contributed by atoms with Crippen molar-refractivity contribution in [1.29, 1.82) is 0 Å². The molecule has 1 aliphatic heterocycles. The molecule has 9 heteroatoms. The Kier molecular flexibility index (Phi) is 4.91. The van der Waals surface area contributed by atoms with Crippen LogP contribution in [0.25, 0.3) is 0 Å². The van der Waals surface area contributed by atoms with Gasteiger partial charge in [0, 0.05) is 5.69 Å². The number of hydrogen-bond donors (Lipinski definition) is 2. The predicted octanol–water partition coefficient (Wildman–Crippen LogP) is 3.13. The lowest BCUT2D eigenvalue weighted by Gasteiger charge is -2.32. The number of nitrogens with one attached hydrogen (secondary N) is 2. The van der Waals surface area contributed by atoms with Crippen molar-refractivity contribution >= 4 is 23.4 Å². The minimum Gasteiger partial charge on any atom is -0.497 e. The first kappa shape index (κ1) is 18.3. The van der Waals surface area contributed by atoms with Crippen LogP contribution < -0.4 is 15.5 Å². The number of nitrogens with zero attached hydrogens (tertiary/aromatic N) is 3. The van der Waals surface area contributed by atoms with Gasteiger partial charge in [-0.15, -0.1) is 10.2 Å². The van der Waals surface area contributed by atoms with E-state index in [0.717, 1.165) is 5.56 Å². The molecule has 0 unspecified atom stereocenters. The lowest BCUT2D eigenvalue weighted by molar-refractivity contribution is -0.116. The van der Waals surface area contributed by atoms with Crippen molar-refractivity contribution < 1.29 is 13.9 Å². The Bertz CT molecular complexity index is 991. The van der Waals surface area contributed by atoms with E-state index in [1.165, 1.54) is 23.9 Å². The van der Waals surface area contributed by atoms with Crippen molar-refractivity contribution in [2.45, 2.75) is 23.4 Å². The Labute approximate surface area is 165 Å². The topological polar surface area (TPSA) is 81.1 Å². The van der Waals surface area contributed by atoms with Gasteiger partial charge in [0.05, 0.1) is 13.2 Å². The quantitative estimate of drug-likeness (QED) is 0.702. The number of aromatic nitrogens is 3. The van der Waals surface area contributed by atoms with E-state index in [9.17, 15) is 9.18 Å². The molecule has 2 heterocycles. The smallest absolute Gasteiger partial charge is 0.240 e. The van der Waals surface area contributed by atoms with Gasteiger partial charge in [0.2, 0.25) is 11.1 Å². The first-order chi connectivity index (χ1) is 13.5. The number of amides is 1. The highest BCUT2D eigenvalue weighted by Crippen LogP contribution is 2.37. The van der Waals surface area contributed by atoms with Crippen LogP contribution in [0.5, 0.6) is 5.75 Å². The minimum absolute atomic E-state index is 0.191. The number of ether oxygens (including phenoxy) is 1. The number of carbonyl (C=O) groups is 1. The Hall–Kier alpha value is -3.07. The summed E-state index contributed by atoms with van der Waals surface area (Å²) in [6, 6.07) is 12.8. The maximum Gasteiger partial charge on any atom is 0.240 e. The number of hydrogen-bond acceptors (Lipinski definition) is 6. The van der Waals surface area contributed by atoms with Crippen molar-refractivity contribution in [3.63, 3.8) is 0 Å². The predicted molar refractivity (Wildman–Crippen MR) is 105 cm³/mol. The van der Waals surface area contributed by atoms with Crippen LogP contribution in [-0.4, -0.2) is 33.1 Å². The molecule has 144 valence electrons. The largest absolute Gasteiger partial charge is 0.497 e. The number of halogens is 1. The average Bonchev–Trinajstić information content (AvgIpc) is 3.08. The van der Waals surface area contributed by atoms with Gasteiger partial charge >= 0.3 is 0 Å². The number of thioether (sulfide) groups is 1. The van der Waals surface area contributed by atoms with E-state index in [-0.39, 0.29) is 17.8 Å². The van der Waals surface area contributed by atoms with E-state index in [0.29, 0.717) is 22.4 Å². The van der Waals surface area contributed by atoms with Crippen LogP contribution in [0, 0.1) is 12.7 Å². The van der Waals surface area contributed by atoms with Crippen molar-refractivity contribution in [2.24, 2.45) is 0 Å². The van der Waals surface area contributed by atoms with Crippen LogP contribution >= 0.6 is 11.8 Å². The summed E-state index contributed by atoms with van der Waals surface area (Å²) in [5.41, 5.74) is 4.74. The number of fused-ring (bicyclic) bond motifs is 1. The molecular weight excluding hydrogens is 381 g/mol. The van der Waals surface area contributed by atoms with Crippen LogP contribution in [0.1, 0.15) is 17.4 Å². The van der Waals surface area contributed by atoms with E-state index >= 15 is 0 Å². The molecule has 2 atom stereocenters. The van der Waals surface area contributed by atoms with Crippen LogP contribution in [-0.2, 0) is 4.79 Å². The fourth-order valence-corrected chi connectivity index (χ4v) is 4.09. The summed E-state index contributed by atoms with van der Waals surface area (Å²) in [5.74, 6) is 0.875. The normalized spacial score (nSPS) is 18.1. The van der Waals surface area contributed by atoms with Crippen LogP contribution in [0.3, 0.4) is 0 Å². The van der Waals surface area contributed by atoms with Gasteiger partial charge in [0.25, 0.3) is 0 Å². The van der Waals surface area contributed by atoms with Gasteiger partial charge in [-0.2, -0.15) is 0 Å². The molecular formula is C19H18FN5O2S. The van der Waals surface area contributed by atoms with Crippen molar-refractivity contribution in [1.82, 2.24) is 14.9 Å². The second-order valence-corrected chi connectivity index (χ2v) is 7.39. The second-order valence-electron chi connectivity index (χ2n) is 6.28. The Morgan fingerprint density at radius 3 is 2.57 bits per heavy atom.